The molecule has 0 bridgehead atoms. The van der Waals surface area contributed by atoms with E-state index in [-0.39, 0.29) is 5.82 Å². The van der Waals surface area contributed by atoms with Crippen LogP contribution in [0.15, 0.2) is 30.3 Å². The Hall–Kier alpha value is -1.94. The lowest BCUT2D eigenvalue weighted by Gasteiger charge is -2.20. The summed E-state index contributed by atoms with van der Waals surface area (Å²) in [5.74, 6) is 1.06. The molecule has 1 N–H and O–H groups in total. The molecule has 1 heterocycles. The van der Waals surface area contributed by atoms with E-state index in [2.05, 4.69) is 5.32 Å². The second kappa shape index (κ2) is 5.82. The molecular formula is C16H15ClFNO2. The van der Waals surface area contributed by atoms with Crippen molar-refractivity contribution in [3.05, 3.63) is 52.3 Å². The molecule has 3 rings (SSSR count). The third-order valence-corrected chi connectivity index (χ3v) is 3.59. The first-order valence-corrected chi connectivity index (χ1v) is 7.09. The fraction of sp³-hybridized carbons (Fsp3) is 0.250. The predicted octanol–water partition coefficient (Wildman–Crippen LogP) is 4.17. The number of hydrogen-bond donors (Lipinski definition) is 1. The number of benzene rings is 2. The highest BCUT2D eigenvalue weighted by Crippen LogP contribution is 2.38. The summed E-state index contributed by atoms with van der Waals surface area (Å²) in [6.07, 6.45) is 0. The smallest absolute Gasteiger partial charge is 0.179 e. The first-order valence-electron chi connectivity index (χ1n) is 6.71. The summed E-state index contributed by atoms with van der Waals surface area (Å²) < 4.78 is 24.3. The maximum absolute atomic E-state index is 13.2. The van der Waals surface area contributed by atoms with Crippen LogP contribution in [0, 0.1) is 12.7 Å². The van der Waals surface area contributed by atoms with Crippen LogP contribution < -0.4 is 14.8 Å². The third kappa shape index (κ3) is 3.05. The molecule has 5 heteroatoms. The van der Waals surface area contributed by atoms with Crippen LogP contribution >= 0.6 is 11.6 Å². The van der Waals surface area contributed by atoms with Crippen LogP contribution in [0.2, 0.25) is 5.02 Å². The number of rotatable bonds is 3. The van der Waals surface area contributed by atoms with Crippen LogP contribution in [0.1, 0.15) is 11.1 Å². The fourth-order valence-electron chi connectivity index (χ4n) is 2.23. The first-order chi connectivity index (χ1) is 10.1. The Morgan fingerprint density at radius 2 is 2.00 bits per heavy atom. The molecule has 0 radical (unpaired) electrons. The van der Waals surface area contributed by atoms with Gasteiger partial charge in [0, 0.05) is 12.2 Å². The monoisotopic (exact) mass is 307 g/mol. The Balaban J connectivity index is 1.76. The molecular weight excluding hydrogens is 293 g/mol. The summed E-state index contributed by atoms with van der Waals surface area (Å²) in [7, 11) is 0. The van der Waals surface area contributed by atoms with Crippen molar-refractivity contribution in [2.75, 3.05) is 18.5 Å². The molecule has 0 unspecified atom stereocenters. The van der Waals surface area contributed by atoms with Gasteiger partial charge in [-0.15, -0.1) is 0 Å². The van der Waals surface area contributed by atoms with E-state index in [4.69, 9.17) is 21.1 Å². The molecule has 0 amide bonds. The standard InChI is InChI=1S/C16H15ClFNO2/c1-10-6-12(2-3-14(10)18)19-9-11-7-13(17)16-15(8-11)20-4-5-21-16/h2-3,6-8,19H,4-5,9H2,1H3. The summed E-state index contributed by atoms with van der Waals surface area (Å²) in [6, 6.07) is 8.69. The van der Waals surface area contributed by atoms with E-state index < -0.39 is 0 Å². The second-order valence-corrected chi connectivity index (χ2v) is 5.33. The van der Waals surface area contributed by atoms with Gasteiger partial charge in [-0.3, -0.25) is 0 Å². The lowest BCUT2D eigenvalue weighted by molar-refractivity contribution is 0.171. The highest BCUT2D eigenvalue weighted by molar-refractivity contribution is 6.32. The average molecular weight is 308 g/mol. The highest BCUT2D eigenvalue weighted by Gasteiger charge is 2.16. The SMILES string of the molecule is Cc1cc(NCc2cc(Cl)c3c(c2)OCCO3)ccc1F. The summed E-state index contributed by atoms with van der Waals surface area (Å²) in [5.41, 5.74) is 2.45. The number of anilines is 1. The van der Waals surface area contributed by atoms with Gasteiger partial charge in [-0.25, -0.2) is 4.39 Å². The second-order valence-electron chi connectivity index (χ2n) is 4.92. The molecule has 3 nitrogen and oxygen atoms in total. The largest absolute Gasteiger partial charge is 0.486 e. The zero-order chi connectivity index (χ0) is 14.8. The van der Waals surface area contributed by atoms with Gasteiger partial charge in [0.25, 0.3) is 0 Å². The predicted molar refractivity (Wildman–Crippen MR) is 80.9 cm³/mol. The van der Waals surface area contributed by atoms with Gasteiger partial charge in [0.05, 0.1) is 5.02 Å². The lowest BCUT2D eigenvalue weighted by atomic mass is 10.1. The minimum absolute atomic E-state index is 0.206. The summed E-state index contributed by atoms with van der Waals surface area (Å²) >= 11 is 6.19. The van der Waals surface area contributed by atoms with Crippen molar-refractivity contribution in [2.24, 2.45) is 0 Å². The number of ether oxygens (including phenoxy) is 2. The first kappa shape index (κ1) is 14.0. The van der Waals surface area contributed by atoms with Gasteiger partial charge in [-0.1, -0.05) is 11.6 Å². The molecule has 0 fully saturated rings. The summed E-state index contributed by atoms with van der Waals surface area (Å²) in [6.45, 7) is 3.35. The van der Waals surface area contributed by atoms with E-state index in [0.717, 1.165) is 11.3 Å². The summed E-state index contributed by atoms with van der Waals surface area (Å²) in [5, 5.41) is 3.78. The average Bonchev–Trinajstić information content (AvgIpc) is 2.49. The van der Waals surface area contributed by atoms with Crippen molar-refractivity contribution in [2.45, 2.75) is 13.5 Å². The Morgan fingerprint density at radius 3 is 2.81 bits per heavy atom. The highest BCUT2D eigenvalue weighted by atomic mass is 35.5. The van der Waals surface area contributed by atoms with E-state index in [1.54, 1.807) is 19.1 Å². The number of halogens is 2. The van der Waals surface area contributed by atoms with Gasteiger partial charge in [0.15, 0.2) is 11.5 Å². The Morgan fingerprint density at radius 1 is 1.19 bits per heavy atom. The fourth-order valence-corrected chi connectivity index (χ4v) is 2.51. The summed E-state index contributed by atoms with van der Waals surface area (Å²) in [4.78, 5) is 0. The van der Waals surface area contributed by atoms with E-state index in [1.807, 2.05) is 12.1 Å². The zero-order valence-electron chi connectivity index (χ0n) is 11.6. The van der Waals surface area contributed by atoms with E-state index >= 15 is 0 Å². The van der Waals surface area contributed by atoms with Crippen LogP contribution in [-0.2, 0) is 6.54 Å². The molecule has 0 spiro atoms. The molecule has 0 aromatic heterocycles. The van der Waals surface area contributed by atoms with Gasteiger partial charge < -0.3 is 14.8 Å². The number of fused-ring (bicyclic) bond motifs is 1. The Bertz CT molecular complexity index is 676. The van der Waals surface area contributed by atoms with Crippen LogP contribution in [0.5, 0.6) is 11.5 Å². The molecule has 110 valence electrons. The molecule has 2 aromatic rings. The van der Waals surface area contributed by atoms with E-state index in [1.165, 1.54) is 6.07 Å². The van der Waals surface area contributed by atoms with Crippen LogP contribution in [0.25, 0.3) is 0 Å². The van der Waals surface area contributed by atoms with Gasteiger partial charge >= 0.3 is 0 Å². The zero-order valence-corrected chi connectivity index (χ0v) is 12.3. The van der Waals surface area contributed by atoms with Crippen molar-refractivity contribution >= 4 is 17.3 Å². The van der Waals surface area contributed by atoms with Crippen LogP contribution in [0.3, 0.4) is 0 Å². The minimum atomic E-state index is -0.206. The Kier molecular flexibility index (Phi) is 3.88. The normalized spacial score (nSPS) is 13.1. The molecule has 0 saturated carbocycles. The van der Waals surface area contributed by atoms with E-state index in [9.17, 15) is 4.39 Å². The Labute approximate surface area is 127 Å². The van der Waals surface area contributed by atoms with Crippen molar-refractivity contribution in [1.82, 2.24) is 0 Å². The van der Waals surface area contributed by atoms with Crippen molar-refractivity contribution in [3.8, 4) is 11.5 Å². The third-order valence-electron chi connectivity index (χ3n) is 3.31. The topological polar surface area (TPSA) is 30.5 Å². The van der Waals surface area contributed by atoms with Crippen molar-refractivity contribution in [1.29, 1.82) is 0 Å². The maximum atomic E-state index is 13.2. The molecule has 0 aliphatic carbocycles. The number of aryl methyl sites for hydroxylation is 1. The number of nitrogens with one attached hydrogen (secondary N) is 1. The molecule has 1 aliphatic heterocycles. The lowest BCUT2D eigenvalue weighted by Crippen LogP contribution is -2.16. The molecule has 21 heavy (non-hydrogen) atoms. The van der Waals surface area contributed by atoms with Crippen molar-refractivity contribution < 1.29 is 13.9 Å². The van der Waals surface area contributed by atoms with Crippen LogP contribution in [-0.4, -0.2) is 13.2 Å². The van der Waals surface area contributed by atoms with Crippen LogP contribution in [0.4, 0.5) is 10.1 Å². The molecule has 0 saturated heterocycles. The van der Waals surface area contributed by atoms with Gasteiger partial charge in [-0.05, 0) is 48.4 Å². The van der Waals surface area contributed by atoms with E-state index in [0.29, 0.717) is 41.8 Å². The maximum Gasteiger partial charge on any atom is 0.179 e. The quantitative estimate of drug-likeness (QED) is 0.923. The minimum Gasteiger partial charge on any atom is -0.486 e. The molecule has 0 atom stereocenters. The van der Waals surface area contributed by atoms with Gasteiger partial charge in [0.1, 0.15) is 19.0 Å². The molecule has 2 aromatic carbocycles. The van der Waals surface area contributed by atoms with Crippen molar-refractivity contribution in [3.63, 3.8) is 0 Å². The van der Waals surface area contributed by atoms with Gasteiger partial charge in [-0.2, -0.15) is 0 Å². The van der Waals surface area contributed by atoms with Gasteiger partial charge in [0.2, 0.25) is 0 Å². The number of hydrogen-bond acceptors (Lipinski definition) is 3. The molecule has 1 aliphatic rings.